The number of ether oxygens (including phenoxy) is 2. The number of rotatable bonds is 4. The summed E-state index contributed by atoms with van der Waals surface area (Å²) in [6.07, 6.45) is 5.42. The summed E-state index contributed by atoms with van der Waals surface area (Å²) in [7, 11) is 2.00. The molecule has 76 valence electrons. The van der Waals surface area contributed by atoms with Crippen molar-refractivity contribution in [2.24, 2.45) is 0 Å². The number of hydrogen-bond donors (Lipinski definition) is 1. The van der Waals surface area contributed by atoms with Crippen molar-refractivity contribution in [3.8, 4) is 0 Å². The Balaban J connectivity index is 1.87. The van der Waals surface area contributed by atoms with Crippen LogP contribution in [0.3, 0.4) is 0 Å². The predicted octanol–water partition coefficient (Wildman–Crippen LogP) is 0.934. The van der Waals surface area contributed by atoms with Crippen molar-refractivity contribution < 1.29 is 9.47 Å². The standard InChI is InChI=1S/C10H19NO2/c1-11-8-10(4-2-3-5-10)13-9-6-12-7-9/h9,11H,2-8H2,1H3. The third-order valence-corrected chi connectivity index (χ3v) is 3.04. The molecule has 1 saturated heterocycles. The van der Waals surface area contributed by atoms with Gasteiger partial charge in [0.25, 0.3) is 0 Å². The molecular weight excluding hydrogens is 166 g/mol. The van der Waals surface area contributed by atoms with E-state index in [4.69, 9.17) is 9.47 Å². The lowest BCUT2D eigenvalue weighted by atomic mass is 10.0. The lowest BCUT2D eigenvalue weighted by Gasteiger charge is -2.37. The molecule has 0 unspecified atom stereocenters. The highest BCUT2D eigenvalue weighted by Gasteiger charge is 2.38. The van der Waals surface area contributed by atoms with Crippen molar-refractivity contribution in [1.29, 1.82) is 0 Å². The Kier molecular flexibility index (Phi) is 2.86. The summed E-state index contributed by atoms with van der Waals surface area (Å²) in [5.74, 6) is 0. The number of nitrogens with one attached hydrogen (secondary N) is 1. The third kappa shape index (κ3) is 2.03. The fourth-order valence-electron chi connectivity index (χ4n) is 2.31. The molecule has 0 amide bonds. The molecule has 0 spiro atoms. The first-order chi connectivity index (χ1) is 6.35. The van der Waals surface area contributed by atoms with E-state index < -0.39 is 0 Å². The Bertz CT molecular complexity index is 162. The first-order valence-corrected chi connectivity index (χ1v) is 5.25. The van der Waals surface area contributed by atoms with E-state index in [1.165, 1.54) is 25.7 Å². The van der Waals surface area contributed by atoms with Crippen LogP contribution in [0.15, 0.2) is 0 Å². The highest BCUT2D eigenvalue weighted by Crippen LogP contribution is 2.34. The fraction of sp³-hybridized carbons (Fsp3) is 1.00. The van der Waals surface area contributed by atoms with Crippen molar-refractivity contribution in [3.05, 3.63) is 0 Å². The molecule has 2 fully saturated rings. The van der Waals surface area contributed by atoms with Crippen LogP contribution in [-0.4, -0.2) is 38.5 Å². The maximum atomic E-state index is 6.09. The minimum atomic E-state index is 0.128. The van der Waals surface area contributed by atoms with Gasteiger partial charge >= 0.3 is 0 Å². The maximum Gasteiger partial charge on any atom is 0.105 e. The van der Waals surface area contributed by atoms with E-state index in [2.05, 4.69) is 5.32 Å². The SMILES string of the molecule is CNCC1(OC2COC2)CCCC1. The molecule has 1 N–H and O–H groups in total. The van der Waals surface area contributed by atoms with E-state index in [-0.39, 0.29) is 5.60 Å². The van der Waals surface area contributed by atoms with Crippen LogP contribution in [0.5, 0.6) is 0 Å². The number of hydrogen-bond acceptors (Lipinski definition) is 3. The monoisotopic (exact) mass is 185 g/mol. The van der Waals surface area contributed by atoms with Gasteiger partial charge in [-0.2, -0.15) is 0 Å². The summed E-state index contributed by atoms with van der Waals surface area (Å²) in [5, 5.41) is 3.24. The second-order valence-electron chi connectivity index (χ2n) is 4.20. The minimum Gasteiger partial charge on any atom is -0.376 e. The van der Waals surface area contributed by atoms with Crippen LogP contribution in [-0.2, 0) is 9.47 Å². The summed E-state index contributed by atoms with van der Waals surface area (Å²) < 4.78 is 11.2. The van der Waals surface area contributed by atoms with Crippen molar-refractivity contribution in [3.63, 3.8) is 0 Å². The first-order valence-electron chi connectivity index (χ1n) is 5.25. The molecule has 0 radical (unpaired) electrons. The van der Waals surface area contributed by atoms with Crippen molar-refractivity contribution in [2.45, 2.75) is 37.4 Å². The van der Waals surface area contributed by atoms with E-state index in [0.717, 1.165) is 19.8 Å². The number of likely N-dealkylation sites (N-methyl/N-ethyl adjacent to an activating group) is 1. The van der Waals surface area contributed by atoms with Gasteiger partial charge in [0.2, 0.25) is 0 Å². The van der Waals surface area contributed by atoms with Crippen molar-refractivity contribution >= 4 is 0 Å². The summed E-state index contributed by atoms with van der Waals surface area (Å²) in [6, 6.07) is 0. The Labute approximate surface area is 79.8 Å². The average Bonchev–Trinajstić information content (AvgIpc) is 2.48. The van der Waals surface area contributed by atoms with Crippen LogP contribution < -0.4 is 5.32 Å². The van der Waals surface area contributed by atoms with Gasteiger partial charge in [-0.3, -0.25) is 0 Å². The van der Waals surface area contributed by atoms with Crippen LogP contribution in [0, 0.1) is 0 Å². The van der Waals surface area contributed by atoms with E-state index in [1.807, 2.05) is 7.05 Å². The summed E-state index contributed by atoms with van der Waals surface area (Å²) >= 11 is 0. The van der Waals surface area contributed by atoms with Crippen LogP contribution in [0.25, 0.3) is 0 Å². The zero-order valence-corrected chi connectivity index (χ0v) is 8.34. The van der Waals surface area contributed by atoms with Gasteiger partial charge in [0, 0.05) is 6.54 Å². The van der Waals surface area contributed by atoms with Crippen LogP contribution >= 0.6 is 0 Å². The molecular formula is C10H19NO2. The second-order valence-corrected chi connectivity index (χ2v) is 4.20. The van der Waals surface area contributed by atoms with Gasteiger partial charge in [-0.05, 0) is 19.9 Å². The molecule has 3 nitrogen and oxygen atoms in total. The minimum absolute atomic E-state index is 0.128. The highest BCUT2D eigenvalue weighted by atomic mass is 16.6. The molecule has 0 aromatic carbocycles. The quantitative estimate of drug-likeness (QED) is 0.707. The Morgan fingerprint density at radius 3 is 2.54 bits per heavy atom. The molecule has 0 aromatic heterocycles. The molecule has 3 heteroatoms. The van der Waals surface area contributed by atoms with Gasteiger partial charge in [-0.1, -0.05) is 12.8 Å². The van der Waals surface area contributed by atoms with E-state index in [0.29, 0.717) is 6.10 Å². The first kappa shape index (κ1) is 9.44. The van der Waals surface area contributed by atoms with Crippen LogP contribution in [0.1, 0.15) is 25.7 Å². The van der Waals surface area contributed by atoms with Crippen LogP contribution in [0.4, 0.5) is 0 Å². The molecule has 13 heavy (non-hydrogen) atoms. The van der Waals surface area contributed by atoms with Gasteiger partial charge in [0.1, 0.15) is 6.10 Å². The second kappa shape index (κ2) is 3.95. The summed E-state index contributed by atoms with van der Waals surface area (Å²) in [5.41, 5.74) is 0.128. The summed E-state index contributed by atoms with van der Waals surface area (Å²) in [6.45, 7) is 2.58. The Morgan fingerprint density at radius 2 is 2.08 bits per heavy atom. The fourth-order valence-corrected chi connectivity index (χ4v) is 2.31. The zero-order chi connectivity index (χ0) is 9.15. The van der Waals surface area contributed by atoms with Crippen molar-refractivity contribution in [1.82, 2.24) is 5.32 Å². The van der Waals surface area contributed by atoms with Gasteiger partial charge in [-0.15, -0.1) is 0 Å². The molecule has 1 aliphatic heterocycles. The molecule has 1 aliphatic carbocycles. The molecule has 2 rings (SSSR count). The van der Waals surface area contributed by atoms with Gasteiger partial charge < -0.3 is 14.8 Å². The van der Waals surface area contributed by atoms with Gasteiger partial charge in [-0.25, -0.2) is 0 Å². The lowest BCUT2D eigenvalue weighted by Crippen LogP contribution is -2.48. The maximum absolute atomic E-state index is 6.09. The molecule has 1 saturated carbocycles. The lowest BCUT2D eigenvalue weighted by molar-refractivity contribution is -0.189. The van der Waals surface area contributed by atoms with E-state index >= 15 is 0 Å². The summed E-state index contributed by atoms with van der Waals surface area (Å²) in [4.78, 5) is 0. The topological polar surface area (TPSA) is 30.5 Å². The van der Waals surface area contributed by atoms with Gasteiger partial charge in [0.15, 0.2) is 0 Å². The Morgan fingerprint density at radius 1 is 1.38 bits per heavy atom. The van der Waals surface area contributed by atoms with E-state index in [9.17, 15) is 0 Å². The highest BCUT2D eigenvalue weighted by molar-refractivity contribution is 4.90. The average molecular weight is 185 g/mol. The van der Waals surface area contributed by atoms with Gasteiger partial charge in [0.05, 0.1) is 18.8 Å². The zero-order valence-electron chi connectivity index (χ0n) is 8.34. The predicted molar refractivity (Wildman–Crippen MR) is 50.8 cm³/mol. The molecule has 0 bridgehead atoms. The third-order valence-electron chi connectivity index (χ3n) is 3.04. The normalized spacial score (nSPS) is 27.5. The molecule has 1 heterocycles. The Hall–Kier alpha value is -0.120. The van der Waals surface area contributed by atoms with Crippen LogP contribution in [0.2, 0.25) is 0 Å². The largest absolute Gasteiger partial charge is 0.376 e. The smallest absolute Gasteiger partial charge is 0.105 e. The van der Waals surface area contributed by atoms with E-state index in [1.54, 1.807) is 0 Å². The molecule has 0 aromatic rings. The molecule has 0 atom stereocenters. The van der Waals surface area contributed by atoms with Crippen molar-refractivity contribution in [2.75, 3.05) is 26.8 Å². The molecule has 2 aliphatic rings.